The molecule has 1 fully saturated rings. The van der Waals surface area contributed by atoms with Crippen LogP contribution in [-0.2, 0) is 9.84 Å². The lowest BCUT2D eigenvalue weighted by atomic mass is 9.94. The van der Waals surface area contributed by atoms with Gasteiger partial charge in [-0.25, -0.2) is 8.42 Å². The maximum atomic E-state index is 12.1. The van der Waals surface area contributed by atoms with Crippen molar-refractivity contribution in [3.05, 3.63) is 0 Å². The molecule has 0 aliphatic carbocycles. The van der Waals surface area contributed by atoms with Crippen molar-refractivity contribution in [1.29, 1.82) is 0 Å². The van der Waals surface area contributed by atoms with Crippen molar-refractivity contribution in [2.24, 2.45) is 5.92 Å². The third kappa shape index (κ3) is 5.56. The molecular formula is C11H20F3NO2S. The van der Waals surface area contributed by atoms with Gasteiger partial charge in [-0.3, -0.25) is 0 Å². The average Bonchev–Trinajstić information content (AvgIpc) is 2.56. The molecule has 0 bridgehead atoms. The zero-order chi connectivity index (χ0) is 13.8. The smallest absolute Gasteiger partial charge is 0.314 e. The molecule has 0 aromatic heterocycles. The topological polar surface area (TPSA) is 46.2 Å². The predicted molar refractivity (Wildman–Crippen MR) is 64.1 cm³/mol. The van der Waals surface area contributed by atoms with Gasteiger partial charge in [0.2, 0.25) is 0 Å². The molecule has 0 aromatic carbocycles. The van der Waals surface area contributed by atoms with Crippen LogP contribution in [0.3, 0.4) is 0 Å². The summed E-state index contributed by atoms with van der Waals surface area (Å²) >= 11 is 0. The van der Waals surface area contributed by atoms with E-state index >= 15 is 0 Å². The Labute approximate surface area is 106 Å². The summed E-state index contributed by atoms with van der Waals surface area (Å²) in [6.45, 7) is 2.52. The Bertz CT molecular complexity index is 354. The normalized spacial score (nSPS) is 25.2. The second-order valence-electron chi connectivity index (χ2n) is 4.83. The van der Waals surface area contributed by atoms with E-state index in [9.17, 15) is 21.6 Å². The molecule has 2 atom stereocenters. The summed E-state index contributed by atoms with van der Waals surface area (Å²) in [6, 6.07) is -0.116. The van der Waals surface area contributed by atoms with Gasteiger partial charge in [-0.15, -0.1) is 0 Å². The summed E-state index contributed by atoms with van der Waals surface area (Å²) in [5.74, 6) is 0.235. The Hall–Kier alpha value is -0.300. The Morgan fingerprint density at radius 1 is 1.39 bits per heavy atom. The summed E-state index contributed by atoms with van der Waals surface area (Å²) in [5.41, 5.74) is 0. The molecule has 3 nitrogen and oxygen atoms in total. The van der Waals surface area contributed by atoms with Crippen molar-refractivity contribution >= 4 is 9.84 Å². The fourth-order valence-electron chi connectivity index (χ4n) is 2.43. The van der Waals surface area contributed by atoms with Crippen molar-refractivity contribution in [3.63, 3.8) is 0 Å². The zero-order valence-corrected chi connectivity index (χ0v) is 11.3. The van der Waals surface area contributed by atoms with E-state index in [2.05, 4.69) is 5.32 Å². The second-order valence-corrected chi connectivity index (χ2v) is 7.06. The van der Waals surface area contributed by atoms with Gasteiger partial charge in [0.25, 0.3) is 0 Å². The van der Waals surface area contributed by atoms with Crippen LogP contribution in [0.2, 0.25) is 0 Å². The van der Waals surface area contributed by atoms with Gasteiger partial charge in [0.15, 0.2) is 9.84 Å². The fraction of sp³-hybridized carbons (Fsp3) is 1.00. The van der Waals surface area contributed by atoms with Gasteiger partial charge in [-0.2, -0.15) is 13.2 Å². The molecule has 0 aromatic rings. The van der Waals surface area contributed by atoms with E-state index in [1.54, 1.807) is 0 Å². The summed E-state index contributed by atoms with van der Waals surface area (Å²) in [4.78, 5) is 0. The highest BCUT2D eigenvalue weighted by atomic mass is 32.2. The van der Waals surface area contributed by atoms with Crippen molar-refractivity contribution in [2.75, 3.05) is 18.1 Å². The van der Waals surface area contributed by atoms with Crippen LogP contribution in [0.1, 0.15) is 32.6 Å². The summed E-state index contributed by atoms with van der Waals surface area (Å²) in [6.07, 6.45) is -3.93. The zero-order valence-electron chi connectivity index (χ0n) is 10.5. The first-order valence-electron chi connectivity index (χ1n) is 6.24. The minimum atomic E-state index is -4.13. The molecule has 2 unspecified atom stereocenters. The number of sulfone groups is 1. The number of nitrogens with one attached hydrogen (secondary N) is 1. The second kappa shape index (κ2) is 6.23. The van der Waals surface area contributed by atoms with Crippen LogP contribution in [0.4, 0.5) is 13.2 Å². The molecule has 0 radical (unpaired) electrons. The number of halogens is 3. The van der Waals surface area contributed by atoms with Crippen LogP contribution in [0.15, 0.2) is 0 Å². The molecule has 108 valence electrons. The first-order chi connectivity index (χ1) is 8.23. The predicted octanol–water partition coefficient (Wildman–Crippen LogP) is 2.13. The van der Waals surface area contributed by atoms with Gasteiger partial charge >= 0.3 is 6.18 Å². The number of alkyl halides is 3. The monoisotopic (exact) mass is 287 g/mol. The van der Waals surface area contributed by atoms with Crippen LogP contribution < -0.4 is 5.32 Å². The quantitative estimate of drug-likeness (QED) is 0.814. The van der Waals surface area contributed by atoms with E-state index in [1.807, 2.05) is 6.92 Å². The Morgan fingerprint density at radius 2 is 2.06 bits per heavy atom. The van der Waals surface area contributed by atoms with E-state index in [0.29, 0.717) is 19.4 Å². The molecule has 1 aliphatic rings. The van der Waals surface area contributed by atoms with E-state index < -0.39 is 22.4 Å². The molecule has 1 N–H and O–H groups in total. The van der Waals surface area contributed by atoms with Crippen molar-refractivity contribution in [2.45, 2.75) is 44.8 Å². The van der Waals surface area contributed by atoms with E-state index in [4.69, 9.17) is 0 Å². The van der Waals surface area contributed by atoms with Gasteiger partial charge in [0.05, 0.1) is 11.5 Å². The molecular weight excluding hydrogens is 267 g/mol. The molecule has 18 heavy (non-hydrogen) atoms. The molecule has 1 heterocycles. The van der Waals surface area contributed by atoms with E-state index in [0.717, 1.165) is 0 Å². The SMILES string of the molecule is CCNC(CCCC(F)(F)F)C1CCS(=O)(=O)C1. The average molecular weight is 287 g/mol. The molecule has 7 heteroatoms. The maximum absolute atomic E-state index is 12.1. The fourth-order valence-corrected chi connectivity index (χ4v) is 4.31. The summed E-state index contributed by atoms with van der Waals surface area (Å²) < 4.78 is 59.0. The van der Waals surface area contributed by atoms with Gasteiger partial charge in [-0.05, 0) is 31.7 Å². The van der Waals surface area contributed by atoms with Crippen molar-refractivity contribution < 1.29 is 21.6 Å². The number of hydrogen-bond donors (Lipinski definition) is 1. The Morgan fingerprint density at radius 3 is 2.50 bits per heavy atom. The first kappa shape index (κ1) is 15.8. The van der Waals surface area contributed by atoms with E-state index in [-0.39, 0.29) is 29.9 Å². The lowest BCUT2D eigenvalue weighted by molar-refractivity contribution is -0.136. The van der Waals surface area contributed by atoms with Crippen molar-refractivity contribution in [3.8, 4) is 0 Å². The van der Waals surface area contributed by atoms with Gasteiger partial charge in [-0.1, -0.05) is 6.92 Å². The maximum Gasteiger partial charge on any atom is 0.389 e. The highest BCUT2D eigenvalue weighted by Gasteiger charge is 2.34. The first-order valence-corrected chi connectivity index (χ1v) is 8.06. The standard InChI is InChI=1S/C11H20F3NO2S/c1-2-15-10(4-3-6-11(12,13)14)9-5-7-18(16,17)8-9/h9-10,15H,2-8H2,1H3. The third-order valence-electron chi connectivity index (χ3n) is 3.28. The number of hydrogen-bond acceptors (Lipinski definition) is 3. The summed E-state index contributed by atoms with van der Waals surface area (Å²) in [5, 5.41) is 3.12. The number of rotatable bonds is 6. The van der Waals surface area contributed by atoms with Gasteiger partial charge < -0.3 is 5.32 Å². The molecule has 0 saturated carbocycles. The van der Waals surface area contributed by atoms with Gasteiger partial charge in [0.1, 0.15) is 0 Å². The molecule has 1 aliphatic heterocycles. The molecule has 0 amide bonds. The largest absolute Gasteiger partial charge is 0.389 e. The molecule has 1 rings (SSSR count). The van der Waals surface area contributed by atoms with Crippen LogP contribution in [0.5, 0.6) is 0 Å². The van der Waals surface area contributed by atoms with Crippen LogP contribution in [0, 0.1) is 5.92 Å². The van der Waals surface area contributed by atoms with Crippen LogP contribution >= 0.6 is 0 Å². The minimum absolute atomic E-state index is 0.0387. The summed E-state index contributed by atoms with van der Waals surface area (Å²) in [7, 11) is -2.97. The minimum Gasteiger partial charge on any atom is -0.314 e. The Kier molecular flexibility index (Phi) is 5.46. The van der Waals surface area contributed by atoms with Crippen LogP contribution in [-0.4, -0.2) is 38.7 Å². The Balaban J connectivity index is 2.45. The highest BCUT2D eigenvalue weighted by Crippen LogP contribution is 2.27. The lowest BCUT2D eigenvalue weighted by Crippen LogP contribution is -2.37. The van der Waals surface area contributed by atoms with Gasteiger partial charge in [0, 0.05) is 12.5 Å². The molecule has 1 saturated heterocycles. The highest BCUT2D eigenvalue weighted by molar-refractivity contribution is 7.91. The van der Waals surface area contributed by atoms with E-state index in [1.165, 1.54) is 0 Å². The van der Waals surface area contributed by atoms with Crippen molar-refractivity contribution in [1.82, 2.24) is 5.32 Å². The van der Waals surface area contributed by atoms with Crippen LogP contribution in [0.25, 0.3) is 0 Å². The lowest BCUT2D eigenvalue weighted by Gasteiger charge is -2.23. The third-order valence-corrected chi connectivity index (χ3v) is 5.07. The molecule has 0 spiro atoms.